The summed E-state index contributed by atoms with van der Waals surface area (Å²) in [6, 6.07) is 6.23. The lowest BCUT2D eigenvalue weighted by molar-refractivity contribution is -0.116. The van der Waals surface area contributed by atoms with Crippen LogP contribution in [0.25, 0.3) is 0 Å². The number of nitrogens with one attached hydrogen (secondary N) is 1. The van der Waals surface area contributed by atoms with Gasteiger partial charge in [-0.15, -0.1) is 0 Å². The molecule has 1 atom stereocenters. The van der Waals surface area contributed by atoms with Crippen molar-refractivity contribution in [2.45, 2.75) is 45.6 Å². The minimum atomic E-state index is 0.0877. The van der Waals surface area contributed by atoms with E-state index < -0.39 is 0 Å². The zero-order valence-corrected chi connectivity index (χ0v) is 12.5. The lowest BCUT2D eigenvalue weighted by Crippen LogP contribution is -2.28. The van der Waals surface area contributed by atoms with Gasteiger partial charge in [0.15, 0.2) is 0 Å². The van der Waals surface area contributed by atoms with Crippen molar-refractivity contribution in [3.05, 3.63) is 23.8 Å². The molecule has 4 nitrogen and oxygen atoms in total. The standard InChI is InChI=1S/C16H25N3O/c1-12-11-14(17)7-8-15(12)18-16(20)6-4-10-19-9-3-5-13(19)2/h7-8,11,13H,3-6,9-10,17H2,1-2H3,(H,18,20). The normalized spacial score (nSPS) is 19.2. The maximum Gasteiger partial charge on any atom is 0.224 e. The minimum Gasteiger partial charge on any atom is -0.399 e. The fourth-order valence-electron chi connectivity index (χ4n) is 2.81. The van der Waals surface area contributed by atoms with Gasteiger partial charge < -0.3 is 16.0 Å². The second-order valence-electron chi connectivity index (χ2n) is 5.75. The molecule has 2 rings (SSSR count). The molecule has 0 saturated carbocycles. The number of carbonyl (C=O) groups is 1. The first kappa shape index (κ1) is 14.9. The summed E-state index contributed by atoms with van der Waals surface area (Å²) in [6.07, 6.45) is 4.08. The predicted octanol–water partition coefficient (Wildman–Crippen LogP) is 2.78. The molecule has 1 aromatic carbocycles. The highest BCUT2D eigenvalue weighted by Gasteiger charge is 2.19. The van der Waals surface area contributed by atoms with E-state index in [1.807, 2.05) is 25.1 Å². The monoisotopic (exact) mass is 275 g/mol. The Morgan fingerprint density at radius 2 is 2.30 bits per heavy atom. The Morgan fingerprint density at radius 1 is 1.50 bits per heavy atom. The van der Waals surface area contributed by atoms with Gasteiger partial charge in [-0.05, 0) is 70.0 Å². The van der Waals surface area contributed by atoms with Crippen molar-refractivity contribution in [2.24, 2.45) is 0 Å². The molecular weight excluding hydrogens is 250 g/mol. The molecule has 1 aliphatic heterocycles. The molecule has 1 saturated heterocycles. The highest BCUT2D eigenvalue weighted by Crippen LogP contribution is 2.19. The first-order chi connectivity index (χ1) is 9.56. The molecule has 3 N–H and O–H groups in total. The lowest BCUT2D eigenvalue weighted by atomic mass is 10.1. The maximum absolute atomic E-state index is 11.9. The maximum atomic E-state index is 11.9. The molecular formula is C16H25N3O. The molecule has 0 radical (unpaired) electrons. The van der Waals surface area contributed by atoms with Crippen molar-refractivity contribution in [3.63, 3.8) is 0 Å². The third-order valence-electron chi connectivity index (χ3n) is 4.06. The van der Waals surface area contributed by atoms with E-state index in [9.17, 15) is 4.79 Å². The van der Waals surface area contributed by atoms with Gasteiger partial charge in [-0.2, -0.15) is 0 Å². The summed E-state index contributed by atoms with van der Waals surface area (Å²) in [4.78, 5) is 14.4. The number of nitrogens with zero attached hydrogens (tertiary/aromatic N) is 1. The van der Waals surface area contributed by atoms with Crippen molar-refractivity contribution in [1.82, 2.24) is 4.90 Å². The number of amides is 1. The van der Waals surface area contributed by atoms with Gasteiger partial charge in [-0.3, -0.25) is 4.79 Å². The molecule has 1 fully saturated rings. The molecule has 1 heterocycles. The summed E-state index contributed by atoms with van der Waals surface area (Å²) in [6.45, 7) is 6.43. The van der Waals surface area contributed by atoms with Crippen LogP contribution in [0.4, 0.5) is 11.4 Å². The second kappa shape index (κ2) is 6.75. The topological polar surface area (TPSA) is 58.4 Å². The smallest absolute Gasteiger partial charge is 0.224 e. The average molecular weight is 275 g/mol. The number of likely N-dealkylation sites (tertiary alicyclic amines) is 1. The van der Waals surface area contributed by atoms with E-state index in [4.69, 9.17) is 5.73 Å². The number of benzene rings is 1. The number of hydrogen-bond donors (Lipinski definition) is 2. The van der Waals surface area contributed by atoms with Crippen molar-refractivity contribution in [3.8, 4) is 0 Å². The summed E-state index contributed by atoms with van der Waals surface area (Å²) in [5.74, 6) is 0.0877. The Balaban J connectivity index is 1.75. The van der Waals surface area contributed by atoms with Crippen LogP contribution in [0.1, 0.15) is 38.2 Å². The fraction of sp³-hybridized carbons (Fsp3) is 0.562. The first-order valence-electron chi connectivity index (χ1n) is 7.46. The van der Waals surface area contributed by atoms with Crippen LogP contribution in [0.3, 0.4) is 0 Å². The molecule has 1 aromatic rings. The number of nitrogen functional groups attached to an aromatic ring is 1. The summed E-state index contributed by atoms with van der Waals surface area (Å²) >= 11 is 0. The van der Waals surface area contributed by atoms with Crippen LogP contribution < -0.4 is 11.1 Å². The molecule has 0 bridgehead atoms. The first-order valence-corrected chi connectivity index (χ1v) is 7.46. The largest absolute Gasteiger partial charge is 0.399 e. The highest BCUT2D eigenvalue weighted by atomic mass is 16.1. The van der Waals surface area contributed by atoms with Gasteiger partial charge in [-0.1, -0.05) is 0 Å². The zero-order valence-electron chi connectivity index (χ0n) is 12.5. The SMILES string of the molecule is Cc1cc(N)ccc1NC(=O)CCCN1CCCC1C. The van der Waals surface area contributed by atoms with Crippen molar-refractivity contribution in [2.75, 3.05) is 24.1 Å². The van der Waals surface area contributed by atoms with Gasteiger partial charge in [0.25, 0.3) is 0 Å². The van der Waals surface area contributed by atoms with Gasteiger partial charge in [0.05, 0.1) is 0 Å². The molecule has 20 heavy (non-hydrogen) atoms. The van der Waals surface area contributed by atoms with Crippen molar-refractivity contribution >= 4 is 17.3 Å². The Hall–Kier alpha value is -1.55. The second-order valence-corrected chi connectivity index (χ2v) is 5.75. The Labute approximate surface area is 121 Å². The van der Waals surface area contributed by atoms with Crippen LogP contribution in [0.5, 0.6) is 0 Å². The Kier molecular flexibility index (Phi) is 5.01. The molecule has 4 heteroatoms. The van der Waals surface area contributed by atoms with Crippen LogP contribution >= 0.6 is 0 Å². The van der Waals surface area contributed by atoms with E-state index in [-0.39, 0.29) is 5.91 Å². The van der Waals surface area contributed by atoms with Gasteiger partial charge >= 0.3 is 0 Å². The van der Waals surface area contributed by atoms with Crippen LogP contribution in [-0.2, 0) is 4.79 Å². The summed E-state index contributed by atoms with van der Waals surface area (Å²) in [5.41, 5.74) is 8.29. The Morgan fingerprint density at radius 3 is 2.95 bits per heavy atom. The lowest BCUT2D eigenvalue weighted by Gasteiger charge is -2.20. The van der Waals surface area contributed by atoms with E-state index in [0.717, 1.165) is 29.9 Å². The van der Waals surface area contributed by atoms with E-state index in [1.54, 1.807) is 0 Å². The minimum absolute atomic E-state index is 0.0877. The van der Waals surface area contributed by atoms with Gasteiger partial charge in [-0.25, -0.2) is 0 Å². The number of anilines is 2. The van der Waals surface area contributed by atoms with E-state index in [2.05, 4.69) is 17.1 Å². The summed E-state index contributed by atoms with van der Waals surface area (Å²) < 4.78 is 0. The number of aryl methyl sites for hydroxylation is 1. The average Bonchev–Trinajstić information content (AvgIpc) is 2.79. The molecule has 110 valence electrons. The van der Waals surface area contributed by atoms with Gasteiger partial charge in [0, 0.05) is 23.8 Å². The Bertz CT molecular complexity index is 473. The van der Waals surface area contributed by atoms with Crippen LogP contribution in [0.15, 0.2) is 18.2 Å². The van der Waals surface area contributed by atoms with Gasteiger partial charge in [0.2, 0.25) is 5.91 Å². The predicted molar refractivity (Wildman–Crippen MR) is 83.7 cm³/mol. The molecule has 1 amide bonds. The summed E-state index contributed by atoms with van der Waals surface area (Å²) in [5, 5.41) is 2.96. The van der Waals surface area contributed by atoms with E-state index in [1.165, 1.54) is 19.4 Å². The van der Waals surface area contributed by atoms with Gasteiger partial charge in [0.1, 0.15) is 0 Å². The number of carbonyl (C=O) groups excluding carboxylic acids is 1. The summed E-state index contributed by atoms with van der Waals surface area (Å²) in [7, 11) is 0. The number of nitrogens with two attached hydrogens (primary N) is 1. The van der Waals surface area contributed by atoms with Crippen LogP contribution in [-0.4, -0.2) is 29.9 Å². The zero-order chi connectivity index (χ0) is 14.5. The third-order valence-corrected chi connectivity index (χ3v) is 4.06. The highest BCUT2D eigenvalue weighted by molar-refractivity contribution is 5.91. The van der Waals surface area contributed by atoms with Crippen LogP contribution in [0.2, 0.25) is 0 Å². The number of rotatable bonds is 5. The molecule has 1 unspecified atom stereocenters. The number of hydrogen-bond acceptors (Lipinski definition) is 3. The quantitative estimate of drug-likeness (QED) is 0.812. The molecule has 0 spiro atoms. The van der Waals surface area contributed by atoms with Crippen molar-refractivity contribution < 1.29 is 4.79 Å². The molecule has 0 aromatic heterocycles. The molecule has 0 aliphatic carbocycles. The fourth-order valence-corrected chi connectivity index (χ4v) is 2.81. The van der Waals surface area contributed by atoms with E-state index >= 15 is 0 Å². The van der Waals surface area contributed by atoms with Crippen LogP contribution in [0, 0.1) is 6.92 Å². The third kappa shape index (κ3) is 3.97. The van der Waals surface area contributed by atoms with Crippen molar-refractivity contribution in [1.29, 1.82) is 0 Å². The molecule has 1 aliphatic rings. The van der Waals surface area contributed by atoms with E-state index in [0.29, 0.717) is 12.5 Å².